The molecule has 0 aliphatic carbocycles. The molecular weight excluding hydrogens is 426 g/mol. The Balaban J connectivity index is 1.42. The molecule has 8 heteroatoms. The largest absolute Gasteiger partial charge is 0.339 e. The maximum Gasteiger partial charge on any atom is 0.270 e. The van der Waals surface area contributed by atoms with Crippen LogP contribution in [0.2, 0.25) is 0 Å². The first-order valence-electron chi connectivity index (χ1n) is 10.5. The second kappa shape index (κ2) is 9.10. The van der Waals surface area contributed by atoms with Crippen LogP contribution in [-0.2, 0) is 16.6 Å². The summed E-state index contributed by atoms with van der Waals surface area (Å²) in [6.45, 7) is 3.12. The number of carbonyl (C=O) groups excluding carboxylic acids is 2. The standard InChI is InChI=1S/C24H25N3O4S/c1-19(28)21-9-11-22(12-10-21)32(30,31)27-16-14-25(15-17-27)24(29)23-8-5-13-26(23)18-20-6-3-2-4-7-20/h2-13H,14-18H2,1H3. The van der Waals surface area contributed by atoms with Gasteiger partial charge in [-0.3, -0.25) is 9.59 Å². The van der Waals surface area contributed by atoms with Crippen molar-refractivity contribution in [1.82, 2.24) is 13.8 Å². The van der Waals surface area contributed by atoms with Gasteiger partial charge in [-0.2, -0.15) is 4.31 Å². The van der Waals surface area contributed by atoms with Crippen molar-refractivity contribution in [2.45, 2.75) is 18.4 Å². The van der Waals surface area contributed by atoms with Crippen LogP contribution >= 0.6 is 0 Å². The average Bonchev–Trinajstić information content (AvgIpc) is 3.27. The second-order valence-corrected chi connectivity index (χ2v) is 9.72. The smallest absolute Gasteiger partial charge is 0.270 e. The highest BCUT2D eigenvalue weighted by Crippen LogP contribution is 2.20. The number of piperazine rings is 1. The summed E-state index contributed by atoms with van der Waals surface area (Å²) in [7, 11) is -3.68. The summed E-state index contributed by atoms with van der Waals surface area (Å²) in [6.07, 6.45) is 1.88. The maximum atomic E-state index is 13.1. The molecule has 1 aliphatic heterocycles. The van der Waals surface area contributed by atoms with Crippen LogP contribution in [0.15, 0.2) is 77.8 Å². The summed E-state index contributed by atoms with van der Waals surface area (Å²) < 4.78 is 29.2. The predicted molar refractivity (Wildman–Crippen MR) is 121 cm³/mol. The Morgan fingerprint density at radius 2 is 1.50 bits per heavy atom. The highest BCUT2D eigenvalue weighted by atomic mass is 32.2. The molecule has 1 aliphatic rings. The fraction of sp³-hybridized carbons (Fsp3) is 0.250. The summed E-state index contributed by atoms with van der Waals surface area (Å²) in [5.41, 5.74) is 2.16. The van der Waals surface area contributed by atoms with Crippen molar-refractivity contribution in [2.24, 2.45) is 0 Å². The summed E-state index contributed by atoms with van der Waals surface area (Å²) in [5.74, 6) is -0.216. The monoisotopic (exact) mass is 451 g/mol. The lowest BCUT2D eigenvalue weighted by Crippen LogP contribution is -2.50. The molecule has 0 saturated carbocycles. The number of hydrogen-bond acceptors (Lipinski definition) is 4. The topological polar surface area (TPSA) is 79.7 Å². The van der Waals surface area contributed by atoms with E-state index in [1.165, 1.54) is 35.5 Å². The SMILES string of the molecule is CC(=O)c1ccc(S(=O)(=O)N2CCN(C(=O)c3cccn3Cc3ccccc3)CC2)cc1. The Kier molecular flexibility index (Phi) is 6.25. The molecule has 1 amide bonds. The third-order valence-corrected chi connectivity index (χ3v) is 7.58. The van der Waals surface area contributed by atoms with Crippen LogP contribution in [0.1, 0.15) is 33.3 Å². The van der Waals surface area contributed by atoms with Gasteiger partial charge in [-0.1, -0.05) is 42.5 Å². The highest BCUT2D eigenvalue weighted by molar-refractivity contribution is 7.89. The molecular formula is C24H25N3O4S. The number of ketones is 1. The fourth-order valence-electron chi connectivity index (χ4n) is 3.83. The van der Waals surface area contributed by atoms with Gasteiger partial charge in [0.2, 0.25) is 10.0 Å². The average molecular weight is 452 g/mol. The number of nitrogens with zero attached hydrogens (tertiary/aromatic N) is 3. The number of amides is 1. The Morgan fingerprint density at radius 1 is 0.844 bits per heavy atom. The first-order chi connectivity index (χ1) is 15.4. The van der Waals surface area contributed by atoms with Crippen molar-refractivity contribution in [3.05, 3.63) is 89.7 Å². The van der Waals surface area contributed by atoms with Crippen LogP contribution in [0.4, 0.5) is 0 Å². The minimum atomic E-state index is -3.68. The molecule has 4 rings (SSSR count). The van der Waals surface area contributed by atoms with Crippen molar-refractivity contribution >= 4 is 21.7 Å². The number of rotatable bonds is 6. The molecule has 0 N–H and O–H groups in total. The molecule has 2 aromatic carbocycles. The lowest BCUT2D eigenvalue weighted by Gasteiger charge is -2.34. The van der Waals surface area contributed by atoms with Gasteiger partial charge in [0.25, 0.3) is 5.91 Å². The molecule has 1 aromatic heterocycles. The Morgan fingerprint density at radius 3 is 2.12 bits per heavy atom. The van der Waals surface area contributed by atoms with Gasteiger partial charge in [-0.25, -0.2) is 8.42 Å². The van der Waals surface area contributed by atoms with Crippen molar-refractivity contribution < 1.29 is 18.0 Å². The molecule has 3 aromatic rings. The van der Waals surface area contributed by atoms with Crippen molar-refractivity contribution in [3.63, 3.8) is 0 Å². The van der Waals surface area contributed by atoms with Crippen LogP contribution in [0.3, 0.4) is 0 Å². The molecule has 1 fully saturated rings. The zero-order chi connectivity index (χ0) is 22.7. The van der Waals surface area contributed by atoms with Gasteiger partial charge in [0.1, 0.15) is 5.69 Å². The minimum Gasteiger partial charge on any atom is -0.339 e. The zero-order valence-corrected chi connectivity index (χ0v) is 18.7. The van der Waals surface area contributed by atoms with E-state index in [1.54, 1.807) is 11.0 Å². The van der Waals surface area contributed by atoms with E-state index in [0.717, 1.165) is 5.56 Å². The van der Waals surface area contributed by atoms with E-state index >= 15 is 0 Å². The van der Waals surface area contributed by atoms with E-state index in [0.29, 0.717) is 30.9 Å². The van der Waals surface area contributed by atoms with Crippen LogP contribution in [0.25, 0.3) is 0 Å². The van der Waals surface area contributed by atoms with Crippen molar-refractivity contribution in [3.8, 4) is 0 Å². The van der Waals surface area contributed by atoms with Crippen LogP contribution < -0.4 is 0 Å². The van der Waals surface area contributed by atoms with Gasteiger partial charge in [-0.15, -0.1) is 0 Å². The van der Waals surface area contributed by atoms with Gasteiger partial charge >= 0.3 is 0 Å². The molecule has 32 heavy (non-hydrogen) atoms. The Bertz CT molecular complexity index is 1210. The molecule has 0 bridgehead atoms. The lowest BCUT2D eigenvalue weighted by molar-refractivity contribution is 0.0687. The van der Waals surface area contributed by atoms with Gasteiger partial charge in [0, 0.05) is 44.5 Å². The molecule has 7 nitrogen and oxygen atoms in total. The van der Waals surface area contributed by atoms with E-state index in [4.69, 9.17) is 0 Å². The van der Waals surface area contributed by atoms with Gasteiger partial charge < -0.3 is 9.47 Å². The quantitative estimate of drug-likeness (QED) is 0.540. The van der Waals surface area contributed by atoms with Gasteiger partial charge in [-0.05, 0) is 36.8 Å². The van der Waals surface area contributed by atoms with E-state index in [2.05, 4.69) is 0 Å². The number of carbonyl (C=O) groups is 2. The summed E-state index contributed by atoms with van der Waals surface area (Å²) in [5, 5.41) is 0. The molecule has 0 spiro atoms. The lowest BCUT2D eigenvalue weighted by atomic mass is 10.2. The number of aromatic nitrogens is 1. The fourth-order valence-corrected chi connectivity index (χ4v) is 5.25. The van der Waals surface area contributed by atoms with E-state index in [9.17, 15) is 18.0 Å². The molecule has 1 saturated heterocycles. The first kappa shape index (κ1) is 22.0. The number of sulfonamides is 1. The molecule has 0 atom stereocenters. The normalized spacial score (nSPS) is 15.0. The highest BCUT2D eigenvalue weighted by Gasteiger charge is 2.31. The molecule has 0 radical (unpaired) electrons. The van der Waals surface area contributed by atoms with E-state index in [1.807, 2.05) is 47.2 Å². The Hall–Kier alpha value is -3.23. The summed E-state index contributed by atoms with van der Waals surface area (Å²) >= 11 is 0. The van der Waals surface area contributed by atoms with Gasteiger partial charge in [0.05, 0.1) is 4.90 Å². The molecule has 0 unspecified atom stereocenters. The van der Waals surface area contributed by atoms with Gasteiger partial charge in [0.15, 0.2) is 5.78 Å². The summed E-state index contributed by atoms with van der Waals surface area (Å²) in [6, 6.07) is 19.5. The number of hydrogen-bond donors (Lipinski definition) is 0. The van der Waals surface area contributed by atoms with E-state index in [-0.39, 0.29) is 29.7 Å². The van der Waals surface area contributed by atoms with Crippen molar-refractivity contribution in [2.75, 3.05) is 26.2 Å². The Labute approximate surface area is 187 Å². The maximum absolute atomic E-state index is 13.1. The number of benzene rings is 2. The summed E-state index contributed by atoms with van der Waals surface area (Å²) in [4.78, 5) is 26.4. The van der Waals surface area contributed by atoms with Crippen LogP contribution in [0.5, 0.6) is 0 Å². The predicted octanol–water partition coefficient (Wildman–Crippen LogP) is 2.89. The van der Waals surface area contributed by atoms with Crippen LogP contribution in [0, 0.1) is 0 Å². The van der Waals surface area contributed by atoms with Crippen LogP contribution in [-0.4, -0.2) is 60.1 Å². The molecule has 2 heterocycles. The third kappa shape index (κ3) is 4.51. The first-order valence-corrected chi connectivity index (χ1v) is 11.9. The minimum absolute atomic E-state index is 0.103. The van der Waals surface area contributed by atoms with E-state index < -0.39 is 10.0 Å². The zero-order valence-electron chi connectivity index (χ0n) is 17.8. The van der Waals surface area contributed by atoms with Crippen molar-refractivity contribution in [1.29, 1.82) is 0 Å². The third-order valence-electron chi connectivity index (χ3n) is 5.67. The second-order valence-electron chi connectivity index (χ2n) is 7.78. The number of Topliss-reactive ketones (excluding diaryl/α,β-unsaturated/α-hetero) is 1. The molecule has 166 valence electrons.